The molecule has 0 N–H and O–H groups in total. The molecule has 22 heavy (non-hydrogen) atoms. The van der Waals surface area contributed by atoms with Gasteiger partial charge in [0.15, 0.2) is 0 Å². The average Bonchev–Trinajstić information content (AvgIpc) is 2.91. The van der Waals surface area contributed by atoms with Gasteiger partial charge in [0, 0.05) is 17.7 Å². The van der Waals surface area contributed by atoms with Crippen LogP contribution in [0.1, 0.15) is 19.4 Å². The second-order valence-electron chi connectivity index (χ2n) is 6.04. The van der Waals surface area contributed by atoms with Gasteiger partial charge in [0.1, 0.15) is 5.69 Å². The summed E-state index contributed by atoms with van der Waals surface area (Å²) < 4.78 is 2.03. The third-order valence-electron chi connectivity index (χ3n) is 3.72. The van der Waals surface area contributed by atoms with Crippen LogP contribution >= 0.6 is 0 Å². The Bertz CT molecular complexity index is 757. The molecule has 0 amide bonds. The SMILES string of the molecule is Cc1ccccc1-c1nnn(CC(C)C)c1-c1ccccc1. The molecule has 1 heterocycles. The third-order valence-corrected chi connectivity index (χ3v) is 3.72. The lowest BCUT2D eigenvalue weighted by Gasteiger charge is -2.11. The maximum atomic E-state index is 4.49. The molecule has 0 saturated heterocycles. The number of hydrogen-bond donors (Lipinski definition) is 0. The molecule has 0 aliphatic heterocycles. The highest BCUT2D eigenvalue weighted by Gasteiger charge is 2.18. The fourth-order valence-corrected chi connectivity index (χ4v) is 2.69. The quantitative estimate of drug-likeness (QED) is 0.704. The van der Waals surface area contributed by atoms with Gasteiger partial charge >= 0.3 is 0 Å². The molecule has 0 unspecified atom stereocenters. The van der Waals surface area contributed by atoms with Crippen LogP contribution in [0.4, 0.5) is 0 Å². The van der Waals surface area contributed by atoms with E-state index in [9.17, 15) is 0 Å². The van der Waals surface area contributed by atoms with Gasteiger partial charge in [-0.1, -0.05) is 73.7 Å². The highest BCUT2D eigenvalue weighted by atomic mass is 15.4. The van der Waals surface area contributed by atoms with Gasteiger partial charge in [-0.2, -0.15) is 0 Å². The molecule has 1 aromatic heterocycles. The van der Waals surface area contributed by atoms with Gasteiger partial charge < -0.3 is 0 Å². The number of benzene rings is 2. The van der Waals surface area contributed by atoms with Gasteiger partial charge in [0.05, 0.1) is 5.69 Å². The number of aromatic nitrogens is 3. The van der Waals surface area contributed by atoms with Crippen LogP contribution in [0, 0.1) is 12.8 Å². The van der Waals surface area contributed by atoms with Crippen LogP contribution in [-0.2, 0) is 6.54 Å². The van der Waals surface area contributed by atoms with Crippen LogP contribution in [0.25, 0.3) is 22.5 Å². The predicted molar refractivity (Wildman–Crippen MR) is 90.5 cm³/mol. The molecule has 0 fully saturated rings. The molecule has 3 nitrogen and oxygen atoms in total. The first-order valence-corrected chi connectivity index (χ1v) is 7.71. The molecule has 0 bridgehead atoms. The van der Waals surface area contributed by atoms with E-state index in [1.807, 2.05) is 10.7 Å². The Hall–Kier alpha value is -2.42. The van der Waals surface area contributed by atoms with Crippen LogP contribution in [0.2, 0.25) is 0 Å². The second-order valence-corrected chi connectivity index (χ2v) is 6.04. The Labute approximate surface area is 131 Å². The van der Waals surface area contributed by atoms with Gasteiger partial charge in [0.25, 0.3) is 0 Å². The van der Waals surface area contributed by atoms with E-state index >= 15 is 0 Å². The van der Waals surface area contributed by atoms with E-state index < -0.39 is 0 Å². The normalized spacial score (nSPS) is 11.1. The summed E-state index contributed by atoms with van der Waals surface area (Å²) in [6.45, 7) is 7.38. The van der Waals surface area contributed by atoms with E-state index in [-0.39, 0.29) is 0 Å². The van der Waals surface area contributed by atoms with E-state index in [1.54, 1.807) is 0 Å². The summed E-state index contributed by atoms with van der Waals surface area (Å²) in [6.07, 6.45) is 0. The molecule has 112 valence electrons. The smallest absolute Gasteiger partial charge is 0.121 e. The number of rotatable bonds is 4. The largest absolute Gasteiger partial charge is 0.244 e. The Kier molecular flexibility index (Phi) is 4.05. The number of nitrogens with zero attached hydrogens (tertiary/aromatic N) is 3. The first kappa shape index (κ1) is 14.5. The molecule has 0 saturated carbocycles. The van der Waals surface area contributed by atoms with Crippen molar-refractivity contribution in [1.29, 1.82) is 0 Å². The van der Waals surface area contributed by atoms with E-state index in [4.69, 9.17) is 0 Å². The third kappa shape index (κ3) is 2.80. The van der Waals surface area contributed by atoms with Crippen molar-refractivity contribution in [1.82, 2.24) is 15.0 Å². The van der Waals surface area contributed by atoms with Crippen LogP contribution in [0.15, 0.2) is 54.6 Å². The van der Waals surface area contributed by atoms with Gasteiger partial charge in [-0.3, -0.25) is 0 Å². The maximum absolute atomic E-state index is 4.49. The minimum atomic E-state index is 0.522. The maximum Gasteiger partial charge on any atom is 0.121 e. The summed E-state index contributed by atoms with van der Waals surface area (Å²) in [7, 11) is 0. The summed E-state index contributed by atoms with van der Waals surface area (Å²) in [5.41, 5.74) is 5.59. The van der Waals surface area contributed by atoms with Crippen molar-refractivity contribution in [2.45, 2.75) is 27.3 Å². The molecular weight excluding hydrogens is 270 g/mol. The number of aryl methyl sites for hydroxylation is 1. The summed E-state index contributed by atoms with van der Waals surface area (Å²) in [5.74, 6) is 0.522. The average molecular weight is 291 g/mol. The Morgan fingerprint density at radius 3 is 2.32 bits per heavy atom. The summed E-state index contributed by atoms with van der Waals surface area (Å²) in [6, 6.07) is 18.7. The zero-order valence-electron chi connectivity index (χ0n) is 13.3. The molecule has 0 atom stereocenters. The predicted octanol–water partition coefficient (Wildman–Crippen LogP) is 4.58. The Morgan fingerprint density at radius 2 is 1.64 bits per heavy atom. The monoisotopic (exact) mass is 291 g/mol. The lowest BCUT2D eigenvalue weighted by atomic mass is 10.0. The van der Waals surface area contributed by atoms with Crippen molar-refractivity contribution in [3.05, 3.63) is 60.2 Å². The van der Waals surface area contributed by atoms with Crippen LogP contribution in [0.5, 0.6) is 0 Å². The molecule has 0 radical (unpaired) electrons. The van der Waals surface area contributed by atoms with Crippen molar-refractivity contribution in [2.75, 3.05) is 0 Å². The lowest BCUT2D eigenvalue weighted by molar-refractivity contribution is 0.475. The molecule has 0 spiro atoms. The Balaban J connectivity index is 2.19. The van der Waals surface area contributed by atoms with Gasteiger partial charge in [-0.15, -0.1) is 5.10 Å². The molecular formula is C19H21N3. The fourth-order valence-electron chi connectivity index (χ4n) is 2.69. The first-order chi connectivity index (χ1) is 10.7. The van der Waals surface area contributed by atoms with Crippen LogP contribution in [0.3, 0.4) is 0 Å². The molecule has 2 aromatic carbocycles. The van der Waals surface area contributed by atoms with Gasteiger partial charge in [-0.05, 0) is 18.4 Å². The Morgan fingerprint density at radius 1 is 0.955 bits per heavy atom. The highest BCUT2D eigenvalue weighted by molar-refractivity contribution is 5.79. The zero-order valence-corrected chi connectivity index (χ0v) is 13.3. The summed E-state index contributed by atoms with van der Waals surface area (Å²) in [4.78, 5) is 0. The van der Waals surface area contributed by atoms with Crippen molar-refractivity contribution in [3.63, 3.8) is 0 Å². The van der Waals surface area contributed by atoms with Gasteiger partial charge in [0.2, 0.25) is 0 Å². The second kappa shape index (κ2) is 6.14. The summed E-state index contributed by atoms with van der Waals surface area (Å²) >= 11 is 0. The van der Waals surface area contributed by atoms with Crippen molar-refractivity contribution >= 4 is 0 Å². The molecule has 3 heteroatoms. The minimum Gasteiger partial charge on any atom is -0.244 e. The van der Waals surface area contributed by atoms with Crippen LogP contribution in [-0.4, -0.2) is 15.0 Å². The molecule has 0 aliphatic carbocycles. The number of hydrogen-bond acceptors (Lipinski definition) is 2. The van der Waals surface area contributed by atoms with Crippen molar-refractivity contribution < 1.29 is 0 Å². The topological polar surface area (TPSA) is 30.7 Å². The van der Waals surface area contributed by atoms with E-state index in [1.165, 1.54) is 5.56 Å². The van der Waals surface area contributed by atoms with Crippen LogP contribution < -0.4 is 0 Å². The molecule has 3 rings (SSSR count). The molecule has 3 aromatic rings. The van der Waals surface area contributed by atoms with Gasteiger partial charge in [-0.25, -0.2) is 4.68 Å². The highest BCUT2D eigenvalue weighted by Crippen LogP contribution is 2.32. The van der Waals surface area contributed by atoms with E-state index in [0.29, 0.717) is 5.92 Å². The van der Waals surface area contributed by atoms with Crippen molar-refractivity contribution in [3.8, 4) is 22.5 Å². The fraction of sp³-hybridized carbons (Fsp3) is 0.263. The molecule has 0 aliphatic rings. The zero-order chi connectivity index (χ0) is 15.5. The van der Waals surface area contributed by atoms with Crippen molar-refractivity contribution in [2.24, 2.45) is 5.92 Å². The summed E-state index contributed by atoms with van der Waals surface area (Å²) in [5, 5.41) is 8.91. The standard InChI is InChI=1S/C19H21N3/c1-14(2)13-22-19(16-10-5-4-6-11-16)18(20-21-22)17-12-8-7-9-15(17)3/h4-12,14H,13H2,1-3H3. The first-order valence-electron chi connectivity index (χ1n) is 7.71. The lowest BCUT2D eigenvalue weighted by Crippen LogP contribution is -2.08. The minimum absolute atomic E-state index is 0.522. The van der Waals surface area contributed by atoms with E-state index in [2.05, 4.69) is 79.6 Å². The van der Waals surface area contributed by atoms with E-state index in [0.717, 1.165) is 29.1 Å².